The van der Waals surface area contributed by atoms with Gasteiger partial charge in [-0.05, 0) is 44.6 Å². The van der Waals surface area contributed by atoms with Crippen molar-refractivity contribution < 1.29 is 4.74 Å². The number of likely N-dealkylation sites (N-methyl/N-ethyl adjacent to an activating group) is 1. The highest BCUT2D eigenvalue weighted by Crippen LogP contribution is 2.32. The molecular formula is C15H31NO. The average Bonchev–Trinajstić information content (AvgIpc) is 2.33. The van der Waals surface area contributed by atoms with Crippen LogP contribution in [0.3, 0.4) is 0 Å². The molecule has 102 valence electrons. The molecule has 1 saturated carbocycles. The number of hydrogen-bond donors (Lipinski definition) is 1. The number of rotatable bonds is 7. The summed E-state index contributed by atoms with van der Waals surface area (Å²) in [6.07, 6.45) is 7.09. The molecule has 4 unspecified atom stereocenters. The highest BCUT2D eigenvalue weighted by molar-refractivity contribution is 4.86. The third-order valence-corrected chi connectivity index (χ3v) is 4.11. The summed E-state index contributed by atoms with van der Waals surface area (Å²) in [7, 11) is 0. The SMILES string of the molecule is CCNC(C1CCCC(C)C1)C(CC)OCC. The Morgan fingerprint density at radius 3 is 2.53 bits per heavy atom. The summed E-state index contributed by atoms with van der Waals surface area (Å²) in [5.41, 5.74) is 0. The maximum Gasteiger partial charge on any atom is 0.0727 e. The standard InChI is InChI=1S/C15H31NO/c1-5-14(17-7-3)15(16-6-2)13-10-8-9-12(4)11-13/h12-16H,5-11H2,1-4H3. The quantitative estimate of drug-likeness (QED) is 0.735. The van der Waals surface area contributed by atoms with E-state index in [-0.39, 0.29) is 0 Å². The highest BCUT2D eigenvalue weighted by atomic mass is 16.5. The number of nitrogens with one attached hydrogen (secondary N) is 1. The van der Waals surface area contributed by atoms with Crippen molar-refractivity contribution in [3.8, 4) is 0 Å². The Bertz CT molecular complexity index is 195. The lowest BCUT2D eigenvalue weighted by Gasteiger charge is -2.37. The molecule has 0 spiro atoms. The predicted molar refractivity (Wildman–Crippen MR) is 74.3 cm³/mol. The fourth-order valence-corrected chi connectivity index (χ4v) is 3.33. The lowest BCUT2D eigenvalue weighted by Crippen LogP contribution is -2.47. The zero-order chi connectivity index (χ0) is 12.7. The van der Waals surface area contributed by atoms with Crippen LogP contribution >= 0.6 is 0 Å². The molecule has 0 heterocycles. The van der Waals surface area contributed by atoms with Crippen molar-refractivity contribution >= 4 is 0 Å². The van der Waals surface area contributed by atoms with E-state index in [2.05, 4.69) is 33.0 Å². The molecule has 1 aliphatic carbocycles. The Morgan fingerprint density at radius 1 is 1.24 bits per heavy atom. The second kappa shape index (κ2) is 8.10. The first-order valence-electron chi connectivity index (χ1n) is 7.57. The van der Waals surface area contributed by atoms with Crippen LogP contribution in [0.25, 0.3) is 0 Å². The molecule has 1 N–H and O–H groups in total. The van der Waals surface area contributed by atoms with Crippen LogP contribution in [0.5, 0.6) is 0 Å². The van der Waals surface area contributed by atoms with Crippen molar-refractivity contribution in [2.45, 2.75) is 71.9 Å². The molecule has 2 heteroatoms. The second-order valence-corrected chi connectivity index (χ2v) is 5.52. The van der Waals surface area contributed by atoms with E-state index >= 15 is 0 Å². The van der Waals surface area contributed by atoms with Crippen LogP contribution in [0.1, 0.15) is 59.8 Å². The molecule has 0 aromatic rings. The van der Waals surface area contributed by atoms with Crippen molar-refractivity contribution in [3.05, 3.63) is 0 Å². The molecule has 4 atom stereocenters. The molecule has 1 fully saturated rings. The Labute approximate surface area is 108 Å². The van der Waals surface area contributed by atoms with Gasteiger partial charge in [0.1, 0.15) is 0 Å². The molecule has 17 heavy (non-hydrogen) atoms. The van der Waals surface area contributed by atoms with Crippen LogP contribution < -0.4 is 5.32 Å². The van der Waals surface area contributed by atoms with Gasteiger partial charge >= 0.3 is 0 Å². The van der Waals surface area contributed by atoms with Gasteiger partial charge in [0, 0.05) is 12.6 Å². The van der Waals surface area contributed by atoms with Crippen LogP contribution in [-0.4, -0.2) is 25.3 Å². The minimum atomic E-state index is 0.398. The van der Waals surface area contributed by atoms with E-state index in [1.807, 2.05) is 0 Å². The molecule has 0 aromatic carbocycles. The van der Waals surface area contributed by atoms with E-state index < -0.39 is 0 Å². The van der Waals surface area contributed by atoms with Gasteiger partial charge in [0.2, 0.25) is 0 Å². The summed E-state index contributed by atoms with van der Waals surface area (Å²) in [4.78, 5) is 0. The van der Waals surface area contributed by atoms with E-state index in [0.717, 1.165) is 31.4 Å². The lowest BCUT2D eigenvalue weighted by molar-refractivity contribution is 0.00647. The molecule has 1 rings (SSSR count). The summed E-state index contributed by atoms with van der Waals surface area (Å²) >= 11 is 0. The minimum absolute atomic E-state index is 0.398. The second-order valence-electron chi connectivity index (χ2n) is 5.52. The number of hydrogen-bond acceptors (Lipinski definition) is 2. The summed E-state index contributed by atoms with van der Waals surface area (Å²) in [6, 6.07) is 0.563. The van der Waals surface area contributed by atoms with Gasteiger partial charge in [-0.15, -0.1) is 0 Å². The Kier molecular flexibility index (Phi) is 7.14. The fourth-order valence-electron chi connectivity index (χ4n) is 3.33. The van der Waals surface area contributed by atoms with Gasteiger partial charge in [0.15, 0.2) is 0 Å². The highest BCUT2D eigenvalue weighted by Gasteiger charge is 2.31. The van der Waals surface area contributed by atoms with Gasteiger partial charge in [-0.1, -0.05) is 33.6 Å². The molecule has 0 aliphatic heterocycles. The molecule has 0 radical (unpaired) electrons. The van der Waals surface area contributed by atoms with E-state index in [4.69, 9.17) is 4.74 Å². The monoisotopic (exact) mass is 241 g/mol. The third kappa shape index (κ3) is 4.59. The molecule has 2 nitrogen and oxygen atoms in total. The van der Waals surface area contributed by atoms with Gasteiger partial charge < -0.3 is 10.1 Å². The van der Waals surface area contributed by atoms with Crippen molar-refractivity contribution in [1.29, 1.82) is 0 Å². The van der Waals surface area contributed by atoms with Crippen molar-refractivity contribution in [2.24, 2.45) is 11.8 Å². The lowest BCUT2D eigenvalue weighted by atomic mass is 9.76. The van der Waals surface area contributed by atoms with Crippen molar-refractivity contribution in [1.82, 2.24) is 5.32 Å². The Hall–Kier alpha value is -0.0800. The first-order valence-corrected chi connectivity index (χ1v) is 7.57. The molecular weight excluding hydrogens is 210 g/mol. The van der Waals surface area contributed by atoms with Crippen LogP contribution in [0.15, 0.2) is 0 Å². The minimum Gasteiger partial charge on any atom is -0.377 e. The predicted octanol–water partition coefficient (Wildman–Crippen LogP) is 3.61. The van der Waals surface area contributed by atoms with Gasteiger partial charge in [-0.25, -0.2) is 0 Å². The van der Waals surface area contributed by atoms with E-state index in [9.17, 15) is 0 Å². The van der Waals surface area contributed by atoms with Crippen LogP contribution in [0, 0.1) is 11.8 Å². The van der Waals surface area contributed by atoms with E-state index in [0.29, 0.717) is 12.1 Å². The zero-order valence-corrected chi connectivity index (χ0v) is 12.2. The van der Waals surface area contributed by atoms with Crippen LogP contribution in [0.4, 0.5) is 0 Å². The number of ether oxygens (including phenoxy) is 1. The maximum atomic E-state index is 5.93. The molecule has 0 saturated heterocycles. The first kappa shape index (κ1) is 15.0. The molecule has 0 bridgehead atoms. The van der Waals surface area contributed by atoms with Gasteiger partial charge in [0.25, 0.3) is 0 Å². The first-order chi connectivity index (χ1) is 8.22. The molecule has 1 aliphatic rings. The smallest absolute Gasteiger partial charge is 0.0727 e. The Balaban J connectivity index is 2.61. The maximum absolute atomic E-state index is 5.93. The molecule has 0 aromatic heterocycles. The summed E-state index contributed by atoms with van der Waals surface area (Å²) < 4.78 is 5.93. The van der Waals surface area contributed by atoms with Gasteiger partial charge in [-0.3, -0.25) is 0 Å². The van der Waals surface area contributed by atoms with Crippen molar-refractivity contribution in [3.63, 3.8) is 0 Å². The molecule has 0 amide bonds. The van der Waals surface area contributed by atoms with Gasteiger partial charge in [0.05, 0.1) is 6.10 Å². The zero-order valence-electron chi connectivity index (χ0n) is 12.2. The van der Waals surface area contributed by atoms with E-state index in [1.165, 1.54) is 25.7 Å². The topological polar surface area (TPSA) is 21.3 Å². The Morgan fingerprint density at radius 2 is 2.00 bits per heavy atom. The fraction of sp³-hybridized carbons (Fsp3) is 1.00. The van der Waals surface area contributed by atoms with Crippen LogP contribution in [0.2, 0.25) is 0 Å². The summed E-state index contributed by atoms with van der Waals surface area (Å²) in [5, 5.41) is 3.68. The van der Waals surface area contributed by atoms with E-state index in [1.54, 1.807) is 0 Å². The summed E-state index contributed by atoms with van der Waals surface area (Å²) in [6.45, 7) is 10.8. The largest absolute Gasteiger partial charge is 0.377 e. The van der Waals surface area contributed by atoms with Crippen molar-refractivity contribution in [2.75, 3.05) is 13.2 Å². The summed E-state index contributed by atoms with van der Waals surface area (Å²) in [5.74, 6) is 1.71. The van der Waals surface area contributed by atoms with Crippen LogP contribution in [-0.2, 0) is 4.74 Å². The average molecular weight is 241 g/mol. The van der Waals surface area contributed by atoms with Gasteiger partial charge in [-0.2, -0.15) is 0 Å². The third-order valence-electron chi connectivity index (χ3n) is 4.11. The normalized spacial score (nSPS) is 28.9.